The Bertz CT molecular complexity index is 853. The number of carbonyl (C=O) groups is 1. The molecule has 1 amide bonds. The molecule has 2 heterocycles. The molecular formula is C20H19BrN2O. The van der Waals surface area contributed by atoms with Gasteiger partial charge in [-0.25, -0.2) is 0 Å². The highest BCUT2D eigenvalue weighted by atomic mass is 79.9. The molecule has 0 aliphatic carbocycles. The van der Waals surface area contributed by atoms with Gasteiger partial charge in [0.15, 0.2) is 0 Å². The number of benzene rings is 2. The zero-order valence-electron chi connectivity index (χ0n) is 13.3. The molecule has 0 bridgehead atoms. The van der Waals surface area contributed by atoms with Gasteiger partial charge in [0.25, 0.3) is 5.91 Å². The van der Waals surface area contributed by atoms with Crippen LogP contribution in [0.15, 0.2) is 59.1 Å². The summed E-state index contributed by atoms with van der Waals surface area (Å²) in [5, 5.41) is 1.20. The lowest BCUT2D eigenvalue weighted by Crippen LogP contribution is -2.38. The second-order valence-electron chi connectivity index (χ2n) is 6.33. The van der Waals surface area contributed by atoms with Crippen molar-refractivity contribution in [3.63, 3.8) is 0 Å². The van der Waals surface area contributed by atoms with Crippen LogP contribution in [0, 0.1) is 0 Å². The number of fused-ring (bicyclic) bond motifs is 1. The Morgan fingerprint density at radius 3 is 2.79 bits per heavy atom. The van der Waals surface area contributed by atoms with Gasteiger partial charge in [-0.05, 0) is 55.0 Å². The van der Waals surface area contributed by atoms with Crippen LogP contribution < -0.4 is 0 Å². The fourth-order valence-corrected chi connectivity index (χ4v) is 3.96. The molecule has 1 aromatic heterocycles. The molecule has 0 radical (unpaired) electrons. The average Bonchev–Trinajstić information content (AvgIpc) is 3.05. The van der Waals surface area contributed by atoms with Crippen molar-refractivity contribution in [3.8, 4) is 0 Å². The van der Waals surface area contributed by atoms with E-state index in [1.54, 1.807) is 0 Å². The first kappa shape index (κ1) is 15.5. The summed E-state index contributed by atoms with van der Waals surface area (Å²) in [6.45, 7) is 0.811. The van der Waals surface area contributed by atoms with Gasteiger partial charge in [0.1, 0.15) is 0 Å². The molecule has 0 spiro atoms. The SMILES string of the molecule is O=C(c1cccc(Br)c1)N1CCCCC1c1cc2ccccc2[nH]1. The Hall–Kier alpha value is -2.07. The molecule has 1 N–H and O–H groups in total. The first-order valence-corrected chi connectivity index (χ1v) is 9.16. The quantitative estimate of drug-likeness (QED) is 0.641. The van der Waals surface area contributed by atoms with Gasteiger partial charge in [-0.2, -0.15) is 0 Å². The maximum Gasteiger partial charge on any atom is 0.254 e. The number of nitrogens with zero attached hydrogens (tertiary/aromatic N) is 1. The Balaban J connectivity index is 1.69. The Labute approximate surface area is 149 Å². The number of rotatable bonds is 2. The van der Waals surface area contributed by atoms with Crippen molar-refractivity contribution in [2.75, 3.05) is 6.54 Å². The first-order valence-electron chi connectivity index (χ1n) is 8.36. The van der Waals surface area contributed by atoms with E-state index in [0.717, 1.165) is 47.1 Å². The summed E-state index contributed by atoms with van der Waals surface area (Å²) in [7, 11) is 0. The minimum Gasteiger partial charge on any atom is -0.357 e. The van der Waals surface area contributed by atoms with E-state index in [1.807, 2.05) is 41.3 Å². The second-order valence-corrected chi connectivity index (χ2v) is 7.25. The van der Waals surface area contributed by atoms with Crippen molar-refractivity contribution in [1.82, 2.24) is 9.88 Å². The monoisotopic (exact) mass is 382 g/mol. The fourth-order valence-electron chi connectivity index (χ4n) is 3.56. The van der Waals surface area contributed by atoms with Crippen LogP contribution in [-0.2, 0) is 0 Å². The van der Waals surface area contributed by atoms with Crippen molar-refractivity contribution in [3.05, 3.63) is 70.3 Å². The topological polar surface area (TPSA) is 36.1 Å². The van der Waals surface area contributed by atoms with Crippen LogP contribution in [0.4, 0.5) is 0 Å². The number of carbonyl (C=O) groups excluding carboxylic acids is 1. The van der Waals surface area contributed by atoms with Crippen molar-refractivity contribution >= 4 is 32.7 Å². The zero-order chi connectivity index (χ0) is 16.5. The van der Waals surface area contributed by atoms with E-state index >= 15 is 0 Å². The first-order chi connectivity index (χ1) is 11.7. The molecule has 2 aromatic carbocycles. The van der Waals surface area contributed by atoms with Gasteiger partial charge in [0.05, 0.1) is 6.04 Å². The standard InChI is InChI=1S/C20H19BrN2O/c21-16-8-5-7-15(12-16)20(24)23-11-4-3-10-19(23)18-13-14-6-1-2-9-17(14)22-18/h1-2,5-9,12-13,19,22H,3-4,10-11H2. The van der Waals surface area contributed by atoms with E-state index in [9.17, 15) is 4.79 Å². The molecular weight excluding hydrogens is 364 g/mol. The van der Waals surface area contributed by atoms with E-state index in [1.165, 1.54) is 5.39 Å². The van der Waals surface area contributed by atoms with Crippen molar-refractivity contribution in [2.24, 2.45) is 0 Å². The Kier molecular flexibility index (Phi) is 4.15. The zero-order valence-corrected chi connectivity index (χ0v) is 14.9. The van der Waals surface area contributed by atoms with Gasteiger partial charge in [-0.1, -0.05) is 40.2 Å². The molecule has 1 atom stereocenters. The average molecular weight is 383 g/mol. The van der Waals surface area contributed by atoms with E-state index in [0.29, 0.717) is 0 Å². The Morgan fingerprint density at radius 2 is 1.96 bits per heavy atom. The van der Waals surface area contributed by atoms with Crippen LogP contribution in [0.2, 0.25) is 0 Å². The molecule has 0 saturated carbocycles. The van der Waals surface area contributed by atoms with Crippen LogP contribution in [-0.4, -0.2) is 22.3 Å². The normalized spacial score (nSPS) is 18.0. The molecule has 1 saturated heterocycles. The number of hydrogen-bond donors (Lipinski definition) is 1. The molecule has 1 aliphatic rings. The molecule has 4 heteroatoms. The molecule has 1 fully saturated rings. The van der Waals surface area contributed by atoms with E-state index in [4.69, 9.17) is 0 Å². The second kappa shape index (κ2) is 6.44. The number of amides is 1. The maximum absolute atomic E-state index is 13.0. The lowest BCUT2D eigenvalue weighted by Gasteiger charge is -2.35. The highest BCUT2D eigenvalue weighted by Gasteiger charge is 2.29. The molecule has 4 rings (SSSR count). The number of aromatic amines is 1. The summed E-state index contributed by atoms with van der Waals surface area (Å²) in [4.78, 5) is 18.6. The number of piperidine rings is 1. The molecule has 122 valence electrons. The van der Waals surface area contributed by atoms with E-state index in [2.05, 4.69) is 39.1 Å². The van der Waals surface area contributed by atoms with Gasteiger partial charge in [-0.15, -0.1) is 0 Å². The van der Waals surface area contributed by atoms with Gasteiger partial charge in [0, 0.05) is 27.8 Å². The summed E-state index contributed by atoms with van der Waals surface area (Å²) in [6, 6.07) is 18.2. The number of aromatic nitrogens is 1. The number of halogens is 1. The number of hydrogen-bond acceptors (Lipinski definition) is 1. The molecule has 3 nitrogen and oxygen atoms in total. The van der Waals surface area contributed by atoms with Crippen LogP contribution in [0.1, 0.15) is 41.4 Å². The number of H-pyrrole nitrogens is 1. The van der Waals surface area contributed by atoms with Gasteiger partial charge >= 0.3 is 0 Å². The van der Waals surface area contributed by atoms with E-state index < -0.39 is 0 Å². The summed E-state index contributed by atoms with van der Waals surface area (Å²) in [5.41, 5.74) is 3.01. The van der Waals surface area contributed by atoms with Crippen molar-refractivity contribution in [1.29, 1.82) is 0 Å². The van der Waals surface area contributed by atoms with Gasteiger partial charge < -0.3 is 9.88 Å². The molecule has 1 aliphatic heterocycles. The largest absolute Gasteiger partial charge is 0.357 e. The van der Waals surface area contributed by atoms with Crippen LogP contribution in [0.5, 0.6) is 0 Å². The highest BCUT2D eigenvalue weighted by Crippen LogP contribution is 2.33. The van der Waals surface area contributed by atoms with Crippen LogP contribution in [0.25, 0.3) is 10.9 Å². The minimum atomic E-state index is 0.111. The highest BCUT2D eigenvalue weighted by molar-refractivity contribution is 9.10. The van der Waals surface area contributed by atoms with Crippen molar-refractivity contribution < 1.29 is 4.79 Å². The summed E-state index contributed by atoms with van der Waals surface area (Å²) in [5.74, 6) is 0.111. The lowest BCUT2D eigenvalue weighted by molar-refractivity contribution is 0.0607. The van der Waals surface area contributed by atoms with Crippen LogP contribution in [0.3, 0.4) is 0 Å². The fraction of sp³-hybridized carbons (Fsp3) is 0.250. The summed E-state index contributed by atoms with van der Waals surface area (Å²) in [6.07, 6.45) is 3.23. The molecule has 1 unspecified atom stereocenters. The predicted molar refractivity (Wildman–Crippen MR) is 100 cm³/mol. The van der Waals surface area contributed by atoms with Gasteiger partial charge in [0.2, 0.25) is 0 Å². The summed E-state index contributed by atoms with van der Waals surface area (Å²) < 4.78 is 0.938. The number of likely N-dealkylation sites (tertiary alicyclic amines) is 1. The predicted octanol–water partition coefficient (Wildman–Crippen LogP) is 5.30. The minimum absolute atomic E-state index is 0.111. The number of nitrogens with one attached hydrogen (secondary N) is 1. The van der Waals surface area contributed by atoms with E-state index in [-0.39, 0.29) is 11.9 Å². The Morgan fingerprint density at radius 1 is 1.08 bits per heavy atom. The van der Waals surface area contributed by atoms with Crippen molar-refractivity contribution in [2.45, 2.75) is 25.3 Å². The maximum atomic E-state index is 13.0. The molecule has 24 heavy (non-hydrogen) atoms. The third-order valence-corrected chi connectivity index (χ3v) is 5.24. The third-order valence-electron chi connectivity index (χ3n) is 4.75. The smallest absolute Gasteiger partial charge is 0.254 e. The summed E-state index contributed by atoms with van der Waals surface area (Å²) >= 11 is 3.46. The third kappa shape index (κ3) is 2.86. The van der Waals surface area contributed by atoms with Gasteiger partial charge in [-0.3, -0.25) is 4.79 Å². The number of para-hydroxylation sites is 1. The van der Waals surface area contributed by atoms with Crippen LogP contribution >= 0.6 is 15.9 Å². The molecule has 3 aromatic rings. The lowest BCUT2D eigenvalue weighted by atomic mass is 9.98.